The molecule has 1 aromatic carbocycles. The normalized spacial score (nSPS) is 19.0. The van der Waals surface area contributed by atoms with Gasteiger partial charge in [0.2, 0.25) is 0 Å². The van der Waals surface area contributed by atoms with Crippen LogP contribution in [0.4, 0.5) is 0 Å². The molecule has 1 aliphatic rings. The molecule has 0 amide bonds. The number of hydrogen-bond donors (Lipinski definition) is 1. The molecule has 0 saturated carbocycles. The molecule has 0 saturated heterocycles. The standard InChI is InChI=1S/C14H16N2O/c17-13-6-7-16-10-12(15-14(16)9-13)8-11-4-2-1-3-5-11/h1-5,10,13,17H,6-9H2. The number of aromatic nitrogens is 2. The van der Waals surface area contributed by atoms with E-state index >= 15 is 0 Å². The van der Waals surface area contributed by atoms with Crippen molar-refractivity contribution in [2.24, 2.45) is 0 Å². The lowest BCUT2D eigenvalue weighted by atomic mass is 10.1. The van der Waals surface area contributed by atoms with Gasteiger partial charge in [-0.1, -0.05) is 30.3 Å². The fourth-order valence-electron chi connectivity index (χ4n) is 2.36. The Kier molecular flexibility index (Phi) is 2.69. The molecule has 0 radical (unpaired) electrons. The van der Waals surface area contributed by atoms with Gasteiger partial charge in [0, 0.05) is 25.6 Å². The van der Waals surface area contributed by atoms with E-state index in [-0.39, 0.29) is 6.10 Å². The maximum atomic E-state index is 9.60. The van der Waals surface area contributed by atoms with Gasteiger partial charge in [-0.15, -0.1) is 0 Å². The minimum absolute atomic E-state index is 0.213. The lowest BCUT2D eigenvalue weighted by Crippen LogP contribution is -2.22. The number of fused-ring (bicyclic) bond motifs is 1. The monoisotopic (exact) mass is 228 g/mol. The highest BCUT2D eigenvalue weighted by atomic mass is 16.3. The number of hydrogen-bond acceptors (Lipinski definition) is 2. The van der Waals surface area contributed by atoms with E-state index < -0.39 is 0 Å². The lowest BCUT2D eigenvalue weighted by molar-refractivity contribution is 0.141. The first-order valence-corrected chi connectivity index (χ1v) is 6.08. The largest absolute Gasteiger partial charge is 0.393 e. The molecular formula is C14H16N2O. The number of imidazole rings is 1. The first-order chi connectivity index (χ1) is 8.31. The maximum Gasteiger partial charge on any atom is 0.111 e. The van der Waals surface area contributed by atoms with Gasteiger partial charge in [-0.3, -0.25) is 0 Å². The van der Waals surface area contributed by atoms with Crippen LogP contribution in [-0.2, 0) is 19.4 Å². The highest BCUT2D eigenvalue weighted by molar-refractivity contribution is 5.21. The number of aliphatic hydroxyl groups is 1. The van der Waals surface area contributed by atoms with E-state index in [0.29, 0.717) is 6.42 Å². The minimum atomic E-state index is -0.213. The van der Waals surface area contributed by atoms with Crippen molar-refractivity contribution in [2.75, 3.05) is 0 Å². The van der Waals surface area contributed by atoms with Gasteiger partial charge in [0.05, 0.1) is 11.8 Å². The van der Waals surface area contributed by atoms with Gasteiger partial charge in [0.1, 0.15) is 5.82 Å². The van der Waals surface area contributed by atoms with Crippen LogP contribution in [0.25, 0.3) is 0 Å². The van der Waals surface area contributed by atoms with Crippen molar-refractivity contribution in [1.82, 2.24) is 9.55 Å². The zero-order valence-electron chi connectivity index (χ0n) is 9.71. The van der Waals surface area contributed by atoms with Gasteiger partial charge in [0.25, 0.3) is 0 Å². The topological polar surface area (TPSA) is 38.0 Å². The van der Waals surface area contributed by atoms with Crippen molar-refractivity contribution in [1.29, 1.82) is 0 Å². The molecule has 2 heterocycles. The summed E-state index contributed by atoms with van der Waals surface area (Å²) in [5.74, 6) is 1.02. The van der Waals surface area contributed by atoms with E-state index in [1.54, 1.807) is 0 Å². The number of benzene rings is 1. The van der Waals surface area contributed by atoms with Crippen molar-refractivity contribution in [3.05, 3.63) is 53.6 Å². The third-order valence-electron chi connectivity index (χ3n) is 3.26. The van der Waals surface area contributed by atoms with E-state index in [0.717, 1.165) is 30.9 Å². The van der Waals surface area contributed by atoms with Crippen LogP contribution in [0.2, 0.25) is 0 Å². The zero-order valence-corrected chi connectivity index (χ0v) is 9.71. The summed E-state index contributed by atoms with van der Waals surface area (Å²) in [6.45, 7) is 0.887. The highest BCUT2D eigenvalue weighted by Crippen LogP contribution is 2.17. The molecule has 1 unspecified atom stereocenters. The summed E-state index contributed by atoms with van der Waals surface area (Å²) in [4.78, 5) is 4.60. The molecule has 17 heavy (non-hydrogen) atoms. The smallest absolute Gasteiger partial charge is 0.111 e. The summed E-state index contributed by atoms with van der Waals surface area (Å²) in [6.07, 6.45) is 4.31. The zero-order chi connectivity index (χ0) is 11.7. The summed E-state index contributed by atoms with van der Waals surface area (Å²) in [5, 5.41) is 9.60. The van der Waals surface area contributed by atoms with Crippen LogP contribution in [0.1, 0.15) is 23.5 Å². The predicted octanol–water partition coefficient (Wildman–Crippen LogP) is 1.78. The van der Waals surface area contributed by atoms with Crippen LogP contribution in [0.5, 0.6) is 0 Å². The molecule has 3 rings (SSSR count). The fraction of sp³-hybridized carbons (Fsp3) is 0.357. The van der Waals surface area contributed by atoms with Gasteiger partial charge < -0.3 is 9.67 Å². The van der Waals surface area contributed by atoms with E-state index in [1.165, 1.54) is 5.56 Å². The van der Waals surface area contributed by atoms with Crippen molar-refractivity contribution in [2.45, 2.75) is 31.9 Å². The molecule has 1 aliphatic heterocycles. The first kappa shape index (κ1) is 10.5. The maximum absolute atomic E-state index is 9.60. The second-order valence-electron chi connectivity index (χ2n) is 4.65. The third-order valence-corrected chi connectivity index (χ3v) is 3.26. The average Bonchev–Trinajstić information content (AvgIpc) is 2.71. The van der Waals surface area contributed by atoms with Crippen LogP contribution >= 0.6 is 0 Å². The molecule has 0 bridgehead atoms. The number of aryl methyl sites for hydroxylation is 1. The number of aliphatic hydroxyl groups excluding tert-OH is 1. The van der Waals surface area contributed by atoms with Crippen molar-refractivity contribution < 1.29 is 5.11 Å². The van der Waals surface area contributed by atoms with Crippen molar-refractivity contribution in [3.8, 4) is 0 Å². The first-order valence-electron chi connectivity index (χ1n) is 6.08. The van der Waals surface area contributed by atoms with E-state index in [9.17, 15) is 5.11 Å². The summed E-state index contributed by atoms with van der Waals surface area (Å²) in [6, 6.07) is 10.4. The quantitative estimate of drug-likeness (QED) is 0.851. The molecule has 2 aromatic rings. The molecule has 1 atom stereocenters. The average molecular weight is 228 g/mol. The van der Waals surface area contributed by atoms with Gasteiger partial charge >= 0.3 is 0 Å². The molecule has 0 aliphatic carbocycles. The van der Waals surface area contributed by atoms with Crippen molar-refractivity contribution in [3.63, 3.8) is 0 Å². The van der Waals surface area contributed by atoms with Gasteiger partial charge in [0.15, 0.2) is 0 Å². The summed E-state index contributed by atoms with van der Waals surface area (Å²) in [5.41, 5.74) is 2.38. The molecule has 0 spiro atoms. The van der Waals surface area contributed by atoms with Crippen LogP contribution in [-0.4, -0.2) is 20.8 Å². The van der Waals surface area contributed by atoms with Crippen LogP contribution in [0.15, 0.2) is 36.5 Å². The van der Waals surface area contributed by atoms with Gasteiger partial charge in [-0.2, -0.15) is 0 Å². The van der Waals surface area contributed by atoms with Crippen molar-refractivity contribution >= 4 is 0 Å². The Hall–Kier alpha value is -1.61. The summed E-state index contributed by atoms with van der Waals surface area (Å²) in [7, 11) is 0. The Morgan fingerprint density at radius 2 is 2.12 bits per heavy atom. The van der Waals surface area contributed by atoms with E-state index in [2.05, 4.69) is 40.0 Å². The number of rotatable bonds is 2. The lowest BCUT2D eigenvalue weighted by Gasteiger charge is -2.18. The Bertz CT molecular complexity index is 504. The van der Waals surface area contributed by atoms with Crippen LogP contribution in [0.3, 0.4) is 0 Å². The fourth-order valence-corrected chi connectivity index (χ4v) is 2.36. The third kappa shape index (κ3) is 2.24. The Labute approximate surface area is 101 Å². The Morgan fingerprint density at radius 1 is 1.29 bits per heavy atom. The highest BCUT2D eigenvalue weighted by Gasteiger charge is 2.18. The SMILES string of the molecule is OC1CCn2cc(Cc3ccccc3)nc2C1. The minimum Gasteiger partial charge on any atom is -0.393 e. The molecule has 1 aromatic heterocycles. The van der Waals surface area contributed by atoms with Crippen LogP contribution < -0.4 is 0 Å². The van der Waals surface area contributed by atoms with Crippen LogP contribution in [0, 0.1) is 0 Å². The van der Waals surface area contributed by atoms with E-state index in [1.807, 2.05) is 6.07 Å². The molecule has 1 N–H and O–H groups in total. The van der Waals surface area contributed by atoms with Gasteiger partial charge in [-0.05, 0) is 12.0 Å². The Balaban J connectivity index is 1.81. The molecule has 3 heteroatoms. The molecule has 3 nitrogen and oxygen atoms in total. The predicted molar refractivity (Wildman–Crippen MR) is 65.8 cm³/mol. The Morgan fingerprint density at radius 3 is 2.94 bits per heavy atom. The molecular weight excluding hydrogens is 212 g/mol. The summed E-state index contributed by atoms with van der Waals surface area (Å²) < 4.78 is 2.17. The molecule has 88 valence electrons. The second kappa shape index (κ2) is 4.34. The summed E-state index contributed by atoms with van der Waals surface area (Å²) >= 11 is 0. The molecule has 0 fully saturated rings. The van der Waals surface area contributed by atoms with Gasteiger partial charge in [-0.25, -0.2) is 4.98 Å². The number of nitrogens with zero attached hydrogens (tertiary/aromatic N) is 2. The second-order valence-corrected chi connectivity index (χ2v) is 4.65. The van der Waals surface area contributed by atoms with E-state index in [4.69, 9.17) is 0 Å².